The second-order valence-electron chi connectivity index (χ2n) is 10.1. The van der Waals surface area contributed by atoms with E-state index in [9.17, 15) is 35.9 Å². The van der Waals surface area contributed by atoms with E-state index < -0.39 is 35.2 Å². The Kier molecular flexibility index (Phi) is 8.31. The van der Waals surface area contributed by atoms with Crippen LogP contribution in [0, 0.1) is 5.92 Å². The molecule has 12 heteroatoms. The Morgan fingerprint density at radius 2 is 1.33 bits per heavy atom. The first-order valence-electron chi connectivity index (χ1n) is 12.9. The molecule has 39 heavy (non-hydrogen) atoms. The number of rotatable bonds is 4. The van der Waals surface area contributed by atoms with Crippen LogP contribution in [-0.2, 0) is 12.4 Å². The maximum Gasteiger partial charge on any atom is 0.416 e. The Balaban J connectivity index is 1.58. The molecule has 2 saturated heterocycles. The molecule has 4 rings (SSSR count). The minimum atomic E-state index is -5.04. The number of carbonyl (C=O) groups is 2. The number of nitrogens with zero attached hydrogens (tertiary/aromatic N) is 2. The van der Waals surface area contributed by atoms with Gasteiger partial charge >= 0.3 is 18.4 Å². The summed E-state index contributed by atoms with van der Waals surface area (Å²) in [5.74, 6) is 0.334. The molecule has 0 unspecified atom stereocenters. The molecule has 0 saturated carbocycles. The predicted molar refractivity (Wildman–Crippen MR) is 136 cm³/mol. The molecule has 2 heterocycles. The molecule has 3 amide bonds. The van der Waals surface area contributed by atoms with Crippen LogP contribution in [0.1, 0.15) is 60.5 Å². The molecule has 0 bridgehead atoms. The molecule has 2 aromatic rings. The molecular weight excluding hydrogens is 526 g/mol. The molecule has 0 radical (unpaired) electrons. The summed E-state index contributed by atoms with van der Waals surface area (Å²) in [6, 6.07) is 4.59. The molecule has 2 aliphatic heterocycles. The van der Waals surface area contributed by atoms with E-state index in [2.05, 4.69) is 22.5 Å². The van der Waals surface area contributed by atoms with E-state index in [0.717, 1.165) is 50.9 Å². The number of halogens is 6. The van der Waals surface area contributed by atoms with Gasteiger partial charge in [-0.2, -0.15) is 26.3 Å². The van der Waals surface area contributed by atoms with E-state index in [4.69, 9.17) is 0 Å². The largest absolute Gasteiger partial charge is 0.416 e. The Hall–Kier alpha value is -3.44. The second-order valence-corrected chi connectivity index (χ2v) is 10.1. The van der Waals surface area contributed by atoms with Crippen LogP contribution < -0.4 is 15.5 Å². The van der Waals surface area contributed by atoms with Gasteiger partial charge in [0.2, 0.25) is 0 Å². The van der Waals surface area contributed by atoms with Crippen LogP contribution in [0.4, 0.5) is 48.2 Å². The summed E-state index contributed by atoms with van der Waals surface area (Å²) in [4.78, 5) is 30.0. The number of amides is 3. The number of urea groups is 1. The Morgan fingerprint density at radius 1 is 0.769 bits per heavy atom. The first-order chi connectivity index (χ1) is 18.3. The van der Waals surface area contributed by atoms with Crippen molar-refractivity contribution in [1.29, 1.82) is 0 Å². The fraction of sp³-hybridized carbons (Fsp3) is 0.481. The van der Waals surface area contributed by atoms with Gasteiger partial charge in [-0.25, -0.2) is 4.79 Å². The number of hydrogen-bond donors (Lipinski definition) is 2. The highest BCUT2D eigenvalue weighted by Crippen LogP contribution is 2.37. The van der Waals surface area contributed by atoms with Gasteiger partial charge in [-0.15, -0.1) is 0 Å². The van der Waals surface area contributed by atoms with Crippen LogP contribution >= 0.6 is 0 Å². The average Bonchev–Trinajstić information content (AvgIpc) is 2.88. The number of carbonyl (C=O) groups excluding carboxylic acids is 2. The maximum atomic E-state index is 13.5. The minimum Gasteiger partial charge on any atom is -0.371 e. The van der Waals surface area contributed by atoms with Crippen LogP contribution in [0.3, 0.4) is 0 Å². The zero-order valence-electron chi connectivity index (χ0n) is 21.4. The van der Waals surface area contributed by atoms with Gasteiger partial charge in [-0.1, -0.05) is 6.92 Å². The number of hydrogen-bond acceptors (Lipinski definition) is 3. The highest BCUT2D eigenvalue weighted by molar-refractivity contribution is 6.04. The van der Waals surface area contributed by atoms with Gasteiger partial charge < -0.3 is 20.4 Å². The van der Waals surface area contributed by atoms with Crippen molar-refractivity contribution in [2.45, 2.75) is 51.4 Å². The summed E-state index contributed by atoms with van der Waals surface area (Å²) in [7, 11) is 0. The molecule has 0 atom stereocenters. The van der Waals surface area contributed by atoms with E-state index >= 15 is 0 Å². The van der Waals surface area contributed by atoms with Gasteiger partial charge in [0.15, 0.2) is 0 Å². The molecule has 2 fully saturated rings. The number of piperidine rings is 2. The summed E-state index contributed by atoms with van der Waals surface area (Å²) in [6.07, 6.45) is -5.28. The van der Waals surface area contributed by atoms with Crippen molar-refractivity contribution in [1.82, 2.24) is 4.90 Å². The first-order valence-corrected chi connectivity index (χ1v) is 12.9. The summed E-state index contributed by atoms with van der Waals surface area (Å²) < 4.78 is 79.0. The summed E-state index contributed by atoms with van der Waals surface area (Å²) in [6.45, 7) is 4.90. The lowest BCUT2D eigenvalue weighted by molar-refractivity contribution is -0.143. The molecule has 2 aromatic carbocycles. The number of benzene rings is 2. The number of anilines is 3. The third-order valence-corrected chi connectivity index (χ3v) is 7.10. The molecule has 212 valence electrons. The molecule has 2 N–H and O–H groups in total. The van der Waals surface area contributed by atoms with Gasteiger partial charge in [0.25, 0.3) is 5.91 Å². The van der Waals surface area contributed by atoms with Crippen molar-refractivity contribution < 1.29 is 35.9 Å². The van der Waals surface area contributed by atoms with Crippen LogP contribution in [0.5, 0.6) is 0 Å². The molecule has 0 spiro atoms. The smallest absolute Gasteiger partial charge is 0.371 e. The highest BCUT2D eigenvalue weighted by atomic mass is 19.4. The van der Waals surface area contributed by atoms with Crippen molar-refractivity contribution in [3.63, 3.8) is 0 Å². The Bertz CT molecular complexity index is 1170. The van der Waals surface area contributed by atoms with E-state index in [1.54, 1.807) is 17.0 Å². The third kappa shape index (κ3) is 7.15. The van der Waals surface area contributed by atoms with Crippen molar-refractivity contribution in [2.24, 2.45) is 5.92 Å². The number of nitrogens with one attached hydrogen (secondary N) is 2. The molecular formula is C27H30F6N4O2. The summed E-state index contributed by atoms with van der Waals surface area (Å²) in [5.41, 5.74) is -2.44. The van der Waals surface area contributed by atoms with Crippen LogP contribution in [0.15, 0.2) is 36.4 Å². The predicted octanol–water partition coefficient (Wildman–Crippen LogP) is 7.23. The summed E-state index contributed by atoms with van der Waals surface area (Å²) in [5, 5.41) is 4.49. The average molecular weight is 557 g/mol. The third-order valence-electron chi connectivity index (χ3n) is 7.10. The normalized spacial score (nSPS) is 17.2. The lowest BCUT2D eigenvalue weighted by Gasteiger charge is -2.34. The zero-order valence-corrected chi connectivity index (χ0v) is 21.4. The van der Waals surface area contributed by atoms with Crippen molar-refractivity contribution >= 4 is 29.0 Å². The molecule has 6 nitrogen and oxygen atoms in total. The molecule has 2 aliphatic rings. The highest BCUT2D eigenvalue weighted by Gasteiger charge is 2.37. The van der Waals surface area contributed by atoms with Gasteiger partial charge in [0.1, 0.15) is 0 Å². The molecule has 0 aromatic heterocycles. The lowest BCUT2D eigenvalue weighted by Crippen LogP contribution is -2.39. The van der Waals surface area contributed by atoms with Crippen LogP contribution in [-0.4, -0.2) is 43.0 Å². The number of likely N-dealkylation sites (tertiary alicyclic amines) is 1. The van der Waals surface area contributed by atoms with Gasteiger partial charge in [-0.3, -0.25) is 4.79 Å². The van der Waals surface area contributed by atoms with Gasteiger partial charge in [0.05, 0.1) is 16.7 Å². The van der Waals surface area contributed by atoms with Crippen molar-refractivity contribution in [3.05, 3.63) is 53.1 Å². The minimum absolute atomic E-state index is 0.0123. The van der Waals surface area contributed by atoms with Crippen LogP contribution in [0.25, 0.3) is 0 Å². The summed E-state index contributed by atoms with van der Waals surface area (Å²) >= 11 is 0. The Morgan fingerprint density at radius 3 is 1.90 bits per heavy atom. The Labute approximate surface area is 222 Å². The number of alkyl halides is 6. The van der Waals surface area contributed by atoms with Gasteiger partial charge in [0, 0.05) is 43.2 Å². The van der Waals surface area contributed by atoms with E-state index in [1.807, 2.05) is 0 Å². The second kappa shape index (κ2) is 11.4. The van der Waals surface area contributed by atoms with E-state index in [0.29, 0.717) is 36.7 Å². The van der Waals surface area contributed by atoms with Gasteiger partial charge in [-0.05, 0) is 74.4 Å². The lowest BCUT2D eigenvalue weighted by atomic mass is 9.98. The van der Waals surface area contributed by atoms with Crippen molar-refractivity contribution in [2.75, 3.05) is 41.7 Å². The van der Waals surface area contributed by atoms with E-state index in [-0.39, 0.29) is 17.7 Å². The first kappa shape index (κ1) is 28.6. The van der Waals surface area contributed by atoms with E-state index in [1.165, 1.54) is 6.07 Å². The van der Waals surface area contributed by atoms with Crippen LogP contribution in [0.2, 0.25) is 0 Å². The molecule has 0 aliphatic carbocycles. The quantitative estimate of drug-likeness (QED) is 0.391. The standard InChI is InChI=1S/C27H30F6N4O2/c1-17-7-11-37(12-8-17)24(38)22-16-20(5-6-23(22)36-9-3-2-4-10-36)34-25(39)35-21-14-18(26(28,29)30)13-19(15-21)27(31,32)33/h5-6,13-17H,2-4,7-12H2,1H3,(H2,34,35,39). The SMILES string of the molecule is CC1CCN(C(=O)c2cc(NC(=O)Nc3cc(C(F)(F)F)cc(C(F)(F)F)c3)ccc2N2CCCCC2)CC1. The fourth-order valence-corrected chi connectivity index (χ4v) is 4.90. The zero-order chi connectivity index (χ0) is 28.4. The monoisotopic (exact) mass is 556 g/mol. The topological polar surface area (TPSA) is 64.7 Å². The maximum absolute atomic E-state index is 13.5. The van der Waals surface area contributed by atoms with Crippen molar-refractivity contribution in [3.8, 4) is 0 Å². The fourth-order valence-electron chi connectivity index (χ4n) is 4.90.